The van der Waals surface area contributed by atoms with Gasteiger partial charge in [-0.15, -0.1) is 0 Å². The first-order valence-corrected chi connectivity index (χ1v) is 6.06. The van der Waals surface area contributed by atoms with Gasteiger partial charge in [-0.2, -0.15) is 0 Å². The molecule has 1 aromatic rings. The molecular weight excluding hydrogens is 225 g/mol. The van der Waals surface area contributed by atoms with Gasteiger partial charge >= 0.3 is 116 Å². The van der Waals surface area contributed by atoms with E-state index in [1.54, 1.807) is 31.9 Å². The molecule has 1 heterocycles. The summed E-state index contributed by atoms with van der Waals surface area (Å²) in [7, 11) is 3.29. The maximum atomic E-state index is 11.5. The Bertz CT molecular complexity index is 432. The molecule has 1 aromatic carbocycles. The molecule has 0 spiro atoms. The molecule has 2 rings (SSSR count). The zero-order chi connectivity index (χ0) is 13.1. The Morgan fingerprint density at radius 3 is 2.72 bits per heavy atom. The molecule has 1 atom stereocenters. The Balaban J connectivity index is 2.13. The van der Waals surface area contributed by atoms with Crippen molar-refractivity contribution in [1.29, 1.82) is 0 Å². The van der Waals surface area contributed by atoms with Gasteiger partial charge in [-0.1, -0.05) is 0 Å². The molecule has 1 saturated heterocycles. The molecule has 1 aliphatic heterocycles. The first kappa shape index (κ1) is 13.6. The van der Waals surface area contributed by atoms with E-state index in [0.29, 0.717) is 6.10 Å². The van der Waals surface area contributed by atoms with Gasteiger partial charge in [-0.3, -0.25) is 0 Å². The number of methoxy groups -OCH3 is 2. The third-order valence-electron chi connectivity index (χ3n) is 3.32. The average Bonchev–Trinajstić information content (AvgIpc) is 2.28. The van der Waals surface area contributed by atoms with Crippen LogP contribution in [-0.4, -0.2) is 55.6 Å². The molecule has 0 aromatic heterocycles. The van der Waals surface area contributed by atoms with Crippen LogP contribution in [0.3, 0.4) is 0 Å². The second kappa shape index (κ2) is 5.90. The third-order valence-corrected chi connectivity index (χ3v) is 3.32. The summed E-state index contributed by atoms with van der Waals surface area (Å²) in [5, 5.41) is 0. The molecule has 18 heavy (non-hydrogen) atoms. The fourth-order valence-electron chi connectivity index (χ4n) is 2.22. The Morgan fingerprint density at radius 2 is 2.17 bits per heavy atom. The molecule has 92 valence electrons. The molecule has 0 amide bonds. The minimum absolute atomic E-state index is 0.0213. The predicted octanol–water partition coefficient (Wildman–Crippen LogP) is 0.904. The summed E-state index contributed by atoms with van der Waals surface area (Å²) in [4.78, 5) is 13.7. The number of hydrogen-bond donors (Lipinski definition) is 0. The van der Waals surface area contributed by atoms with E-state index in [1.807, 2.05) is 24.3 Å². The van der Waals surface area contributed by atoms with E-state index < -0.39 is 6.10 Å². The van der Waals surface area contributed by atoms with E-state index in [1.165, 1.54) is 0 Å². The van der Waals surface area contributed by atoms with Gasteiger partial charge in [0, 0.05) is 0 Å². The zero-order valence-corrected chi connectivity index (χ0v) is 11.1. The molecule has 5 heteroatoms. The van der Waals surface area contributed by atoms with E-state index in [-0.39, 0.29) is 4.46 Å². The fraction of sp³-hybridized carbons (Fsp3) is 0.462. The van der Waals surface area contributed by atoms with Crippen LogP contribution in [0.2, 0.25) is 0 Å². The van der Waals surface area contributed by atoms with E-state index in [0.717, 1.165) is 24.3 Å². The Hall–Kier alpha value is -0.793. The van der Waals surface area contributed by atoms with Gasteiger partial charge in [0.05, 0.1) is 0 Å². The molecule has 1 unspecified atom stereocenters. The maximum absolute atomic E-state index is 11.5. The van der Waals surface area contributed by atoms with Crippen molar-refractivity contribution in [1.82, 2.24) is 0 Å². The minimum atomic E-state index is -0.468. The second-order valence-corrected chi connectivity index (χ2v) is 4.58. The monoisotopic (exact) mass is 241 g/mol. The van der Waals surface area contributed by atoms with Gasteiger partial charge in [0.25, 0.3) is 0 Å². The fourth-order valence-corrected chi connectivity index (χ4v) is 2.22. The van der Waals surface area contributed by atoms with E-state index in [9.17, 15) is 4.79 Å². The number of nitrogens with zero attached hydrogens (tertiary/aromatic N) is 1. The van der Waals surface area contributed by atoms with Gasteiger partial charge in [0.2, 0.25) is 0 Å². The molecule has 1 aliphatic rings. The predicted molar refractivity (Wildman–Crippen MR) is 70.0 cm³/mol. The second-order valence-electron chi connectivity index (χ2n) is 4.58. The average molecular weight is 241 g/mol. The summed E-state index contributed by atoms with van der Waals surface area (Å²) in [6, 6.07) is 7.94. The van der Waals surface area contributed by atoms with E-state index >= 15 is 0 Å². The molecule has 0 saturated carbocycles. The van der Waals surface area contributed by atoms with Gasteiger partial charge in [-0.05, 0) is 0 Å². The number of benzene rings is 1. The molecular formula is C13H16LiNO3. The number of anilines is 1. The van der Waals surface area contributed by atoms with E-state index in [4.69, 9.17) is 9.47 Å². The molecule has 0 radical (unpaired) electrons. The molecule has 0 N–H and O–H groups in total. The molecule has 0 aliphatic carbocycles. The van der Waals surface area contributed by atoms with Gasteiger partial charge in [0.15, 0.2) is 0 Å². The summed E-state index contributed by atoms with van der Waals surface area (Å²) in [5.41, 5.74) is 2.02. The third kappa shape index (κ3) is 2.78. The van der Waals surface area contributed by atoms with Crippen LogP contribution in [0.5, 0.6) is 0 Å². The summed E-state index contributed by atoms with van der Waals surface area (Å²) in [6.45, 7) is 1.80. The van der Waals surface area contributed by atoms with Crippen molar-refractivity contribution in [2.24, 2.45) is 0 Å². The van der Waals surface area contributed by atoms with Crippen molar-refractivity contribution in [3.63, 3.8) is 0 Å². The number of ether oxygens (including phenoxy) is 2. The van der Waals surface area contributed by atoms with Crippen molar-refractivity contribution >= 4 is 27.9 Å². The molecule has 1 fully saturated rings. The van der Waals surface area contributed by atoms with Gasteiger partial charge in [-0.25, -0.2) is 0 Å². The van der Waals surface area contributed by atoms with Crippen LogP contribution in [0.1, 0.15) is 11.7 Å². The van der Waals surface area contributed by atoms with Gasteiger partial charge < -0.3 is 0 Å². The standard InChI is InChI=1S/C13H16NO3.Li/c1-16-12-7-14(8-12)11-5-3-4-10(6-11)13(9-15)17-2;/h3-6,12-13H,7-8H2,1-2H3;. The Morgan fingerprint density at radius 1 is 1.44 bits per heavy atom. The van der Waals surface area contributed by atoms with Crippen LogP contribution in [0.25, 0.3) is 0 Å². The van der Waals surface area contributed by atoms with Crippen LogP contribution in [-0.2, 0) is 14.3 Å². The number of carbonyl (C=O) groups is 1. The Kier molecular flexibility index (Phi) is 4.47. The van der Waals surface area contributed by atoms with Crippen molar-refractivity contribution in [3.05, 3.63) is 29.8 Å². The topological polar surface area (TPSA) is 38.8 Å². The van der Waals surface area contributed by atoms with Crippen molar-refractivity contribution in [2.45, 2.75) is 12.2 Å². The Labute approximate surface area is 116 Å². The van der Waals surface area contributed by atoms with Crippen LogP contribution < -0.4 is 4.90 Å². The first-order valence-electron chi connectivity index (χ1n) is 6.06. The van der Waals surface area contributed by atoms with Crippen molar-refractivity contribution in [2.75, 3.05) is 32.2 Å². The SMILES string of the molecule is [Li][C](=O)C(OC)c1cccc(N2CC(OC)C2)c1. The summed E-state index contributed by atoms with van der Waals surface area (Å²) >= 11 is 1.55. The number of rotatable bonds is 5. The van der Waals surface area contributed by atoms with Crippen LogP contribution in [0, 0.1) is 0 Å². The molecule has 4 nitrogen and oxygen atoms in total. The summed E-state index contributed by atoms with van der Waals surface area (Å²) < 4.78 is 10.5. The first-order chi connectivity index (χ1) is 8.65. The van der Waals surface area contributed by atoms with Crippen LogP contribution >= 0.6 is 0 Å². The van der Waals surface area contributed by atoms with E-state index in [2.05, 4.69) is 4.90 Å². The summed E-state index contributed by atoms with van der Waals surface area (Å²) in [5.74, 6) is 0. The quantitative estimate of drug-likeness (QED) is 0.718. The molecule has 0 bridgehead atoms. The van der Waals surface area contributed by atoms with Gasteiger partial charge in [0.1, 0.15) is 0 Å². The van der Waals surface area contributed by atoms with Crippen molar-refractivity contribution < 1.29 is 14.3 Å². The zero-order valence-electron chi connectivity index (χ0n) is 11.1. The summed E-state index contributed by atoms with van der Waals surface area (Å²) in [6.07, 6.45) is -0.149. The van der Waals surface area contributed by atoms with Crippen LogP contribution in [0.15, 0.2) is 24.3 Å². The normalized spacial score (nSPS) is 17.4. The van der Waals surface area contributed by atoms with Crippen LogP contribution in [0.4, 0.5) is 5.69 Å². The number of carbonyl (C=O) groups excluding carboxylic acids is 1. The number of hydrogen-bond acceptors (Lipinski definition) is 4. The van der Waals surface area contributed by atoms with Crippen molar-refractivity contribution in [3.8, 4) is 0 Å².